The maximum absolute atomic E-state index is 13.5. The van der Waals surface area contributed by atoms with Crippen molar-refractivity contribution < 1.29 is 13.5 Å². The van der Waals surface area contributed by atoms with Crippen LogP contribution in [0.1, 0.15) is 5.56 Å². The standard InChI is InChI=1S/C15H12F2N2O/c16-12-5-6-14(13(17)9-12)19-10-11-3-1-2-4-15(11)20-8-7-18/h1-6,9,19H,8,10H2. The summed E-state index contributed by atoms with van der Waals surface area (Å²) in [5, 5.41) is 11.4. The highest BCUT2D eigenvalue weighted by molar-refractivity contribution is 5.46. The maximum atomic E-state index is 13.5. The molecule has 0 unspecified atom stereocenters. The summed E-state index contributed by atoms with van der Waals surface area (Å²) in [6, 6.07) is 12.4. The average Bonchev–Trinajstić information content (AvgIpc) is 2.45. The summed E-state index contributed by atoms with van der Waals surface area (Å²) in [4.78, 5) is 0. The molecule has 0 spiro atoms. The van der Waals surface area contributed by atoms with E-state index in [4.69, 9.17) is 10.00 Å². The van der Waals surface area contributed by atoms with E-state index in [2.05, 4.69) is 5.32 Å². The van der Waals surface area contributed by atoms with Crippen LogP contribution in [0.3, 0.4) is 0 Å². The van der Waals surface area contributed by atoms with Crippen LogP contribution in [0.15, 0.2) is 42.5 Å². The first kappa shape index (κ1) is 13.8. The molecular weight excluding hydrogens is 262 g/mol. The summed E-state index contributed by atoms with van der Waals surface area (Å²) in [6.45, 7) is 0.256. The first-order valence-corrected chi connectivity index (χ1v) is 5.97. The molecule has 20 heavy (non-hydrogen) atoms. The lowest BCUT2D eigenvalue weighted by Crippen LogP contribution is -2.05. The number of anilines is 1. The van der Waals surface area contributed by atoms with Crippen LogP contribution in [0.2, 0.25) is 0 Å². The Morgan fingerprint density at radius 1 is 1.15 bits per heavy atom. The number of para-hydroxylation sites is 1. The van der Waals surface area contributed by atoms with Gasteiger partial charge in [0.15, 0.2) is 6.61 Å². The summed E-state index contributed by atoms with van der Waals surface area (Å²) in [5.41, 5.74) is 0.993. The zero-order valence-electron chi connectivity index (χ0n) is 10.6. The van der Waals surface area contributed by atoms with Gasteiger partial charge in [0.2, 0.25) is 0 Å². The molecule has 3 nitrogen and oxygen atoms in total. The molecule has 5 heteroatoms. The molecule has 0 saturated heterocycles. The Morgan fingerprint density at radius 2 is 1.95 bits per heavy atom. The molecule has 0 heterocycles. The van der Waals surface area contributed by atoms with E-state index in [1.807, 2.05) is 12.1 Å². The number of ether oxygens (including phenoxy) is 1. The number of rotatable bonds is 5. The quantitative estimate of drug-likeness (QED) is 0.907. The molecule has 2 aromatic carbocycles. The number of nitrogens with one attached hydrogen (secondary N) is 1. The van der Waals surface area contributed by atoms with Gasteiger partial charge in [-0.2, -0.15) is 5.26 Å². The van der Waals surface area contributed by atoms with Crippen molar-refractivity contribution in [1.82, 2.24) is 0 Å². The van der Waals surface area contributed by atoms with Gasteiger partial charge < -0.3 is 10.1 Å². The van der Waals surface area contributed by atoms with Crippen LogP contribution in [0.25, 0.3) is 0 Å². The summed E-state index contributed by atoms with van der Waals surface area (Å²) >= 11 is 0. The molecule has 2 aromatic rings. The van der Waals surface area contributed by atoms with E-state index in [9.17, 15) is 8.78 Å². The highest BCUT2D eigenvalue weighted by atomic mass is 19.1. The lowest BCUT2D eigenvalue weighted by molar-refractivity contribution is 0.364. The number of nitriles is 1. The number of halogens is 2. The van der Waals surface area contributed by atoms with Gasteiger partial charge in [-0.25, -0.2) is 8.78 Å². The molecule has 2 rings (SSSR count). The predicted molar refractivity (Wildman–Crippen MR) is 71.2 cm³/mol. The van der Waals surface area contributed by atoms with E-state index in [1.54, 1.807) is 18.2 Å². The topological polar surface area (TPSA) is 45.0 Å². The predicted octanol–water partition coefficient (Wildman–Crippen LogP) is 3.48. The minimum atomic E-state index is -0.652. The Morgan fingerprint density at radius 3 is 2.70 bits per heavy atom. The molecule has 0 aliphatic carbocycles. The molecule has 0 bridgehead atoms. The van der Waals surface area contributed by atoms with Crippen LogP contribution < -0.4 is 10.1 Å². The Balaban J connectivity index is 2.09. The molecule has 0 aromatic heterocycles. The first-order chi connectivity index (χ1) is 9.70. The van der Waals surface area contributed by atoms with Crippen molar-refractivity contribution in [3.8, 4) is 11.8 Å². The lowest BCUT2D eigenvalue weighted by atomic mass is 10.2. The number of hydrogen-bond acceptors (Lipinski definition) is 3. The van der Waals surface area contributed by atoms with E-state index >= 15 is 0 Å². The van der Waals surface area contributed by atoms with Gasteiger partial charge in [0.1, 0.15) is 23.5 Å². The van der Waals surface area contributed by atoms with E-state index in [-0.39, 0.29) is 12.3 Å². The molecular formula is C15H12F2N2O. The minimum absolute atomic E-state index is 0.0536. The van der Waals surface area contributed by atoms with Gasteiger partial charge in [-0.15, -0.1) is 0 Å². The SMILES string of the molecule is N#CCOc1ccccc1CNc1ccc(F)cc1F. The molecule has 0 saturated carbocycles. The van der Waals surface area contributed by atoms with Crippen LogP contribution in [-0.4, -0.2) is 6.61 Å². The highest BCUT2D eigenvalue weighted by Gasteiger charge is 2.06. The largest absolute Gasteiger partial charge is 0.478 e. The van der Waals surface area contributed by atoms with Gasteiger partial charge in [-0.3, -0.25) is 0 Å². The van der Waals surface area contributed by atoms with Crippen molar-refractivity contribution in [2.45, 2.75) is 6.54 Å². The Kier molecular flexibility index (Phi) is 4.51. The zero-order valence-corrected chi connectivity index (χ0v) is 10.6. The second-order valence-electron chi connectivity index (χ2n) is 4.03. The molecule has 0 radical (unpaired) electrons. The smallest absolute Gasteiger partial charge is 0.174 e. The normalized spacial score (nSPS) is 9.85. The zero-order chi connectivity index (χ0) is 14.4. The van der Waals surface area contributed by atoms with Gasteiger partial charge >= 0.3 is 0 Å². The van der Waals surface area contributed by atoms with Crippen molar-refractivity contribution in [2.75, 3.05) is 11.9 Å². The van der Waals surface area contributed by atoms with Crippen molar-refractivity contribution >= 4 is 5.69 Å². The number of nitrogens with zero attached hydrogens (tertiary/aromatic N) is 1. The molecule has 102 valence electrons. The average molecular weight is 274 g/mol. The van der Waals surface area contributed by atoms with Gasteiger partial charge in [0.25, 0.3) is 0 Å². The fourth-order valence-electron chi connectivity index (χ4n) is 1.72. The highest BCUT2D eigenvalue weighted by Crippen LogP contribution is 2.21. The molecule has 0 aliphatic heterocycles. The molecule has 1 N–H and O–H groups in total. The fourth-order valence-corrected chi connectivity index (χ4v) is 1.72. The third-order valence-corrected chi connectivity index (χ3v) is 2.67. The second-order valence-corrected chi connectivity index (χ2v) is 4.03. The van der Waals surface area contributed by atoms with Crippen molar-refractivity contribution in [2.24, 2.45) is 0 Å². The van der Waals surface area contributed by atoms with E-state index < -0.39 is 11.6 Å². The monoisotopic (exact) mass is 274 g/mol. The molecule has 0 fully saturated rings. The van der Waals surface area contributed by atoms with E-state index in [1.165, 1.54) is 12.1 Å². The Hall–Kier alpha value is -2.61. The number of benzene rings is 2. The fraction of sp³-hybridized carbons (Fsp3) is 0.133. The van der Waals surface area contributed by atoms with Crippen LogP contribution in [-0.2, 0) is 6.54 Å². The number of hydrogen-bond donors (Lipinski definition) is 1. The van der Waals surface area contributed by atoms with Crippen LogP contribution in [0, 0.1) is 23.0 Å². The summed E-state index contributed by atoms with van der Waals surface area (Å²) in [5.74, 6) is -0.713. The summed E-state index contributed by atoms with van der Waals surface area (Å²) in [6.07, 6.45) is 0. The van der Waals surface area contributed by atoms with E-state index in [0.717, 1.165) is 11.6 Å². The molecule has 0 atom stereocenters. The van der Waals surface area contributed by atoms with Crippen molar-refractivity contribution in [3.63, 3.8) is 0 Å². The summed E-state index contributed by atoms with van der Waals surface area (Å²) in [7, 11) is 0. The first-order valence-electron chi connectivity index (χ1n) is 5.97. The van der Waals surface area contributed by atoms with Crippen LogP contribution in [0.4, 0.5) is 14.5 Å². The van der Waals surface area contributed by atoms with Crippen molar-refractivity contribution in [3.05, 3.63) is 59.7 Å². The maximum Gasteiger partial charge on any atom is 0.174 e. The Bertz CT molecular complexity index is 638. The Labute approximate surface area is 115 Å². The molecule has 0 amide bonds. The van der Waals surface area contributed by atoms with Gasteiger partial charge in [-0.1, -0.05) is 18.2 Å². The lowest BCUT2D eigenvalue weighted by Gasteiger charge is -2.11. The summed E-state index contributed by atoms with van der Waals surface area (Å²) < 4.78 is 31.5. The second kappa shape index (κ2) is 6.53. The van der Waals surface area contributed by atoms with Crippen LogP contribution >= 0.6 is 0 Å². The molecule has 0 aliphatic rings. The van der Waals surface area contributed by atoms with Crippen molar-refractivity contribution in [1.29, 1.82) is 5.26 Å². The minimum Gasteiger partial charge on any atom is -0.478 e. The van der Waals surface area contributed by atoms with Gasteiger partial charge in [-0.05, 0) is 18.2 Å². The third kappa shape index (κ3) is 3.45. The third-order valence-electron chi connectivity index (χ3n) is 2.67. The van der Waals surface area contributed by atoms with Gasteiger partial charge in [0, 0.05) is 18.2 Å². The van der Waals surface area contributed by atoms with E-state index in [0.29, 0.717) is 12.3 Å². The van der Waals surface area contributed by atoms with Gasteiger partial charge in [0.05, 0.1) is 5.69 Å². The van der Waals surface area contributed by atoms with Crippen LogP contribution in [0.5, 0.6) is 5.75 Å².